The summed E-state index contributed by atoms with van der Waals surface area (Å²) in [6.45, 7) is 7.89. The van der Waals surface area contributed by atoms with E-state index in [2.05, 4.69) is 23.9 Å². The highest BCUT2D eigenvalue weighted by Crippen LogP contribution is 2.25. The predicted octanol–water partition coefficient (Wildman–Crippen LogP) is 5.62. The number of carbonyl (C=O) groups excluding carboxylic acids is 1. The van der Waals surface area contributed by atoms with Crippen molar-refractivity contribution in [3.05, 3.63) is 95.1 Å². The molecule has 1 atom stereocenters. The number of aryl methyl sites for hydroxylation is 1. The number of benzene rings is 3. The molecule has 0 saturated carbocycles. The summed E-state index contributed by atoms with van der Waals surface area (Å²) in [5.74, 6) is 0.169. The predicted molar refractivity (Wildman–Crippen MR) is 129 cm³/mol. The fourth-order valence-electron chi connectivity index (χ4n) is 3.58. The van der Waals surface area contributed by atoms with Crippen molar-refractivity contribution in [3.8, 4) is 0 Å². The molecular weight excluding hydrogens is 420 g/mol. The Morgan fingerprint density at radius 2 is 1.53 bits per heavy atom. The maximum absolute atomic E-state index is 13.2. The molecule has 1 amide bonds. The molecule has 0 bridgehead atoms. The Morgan fingerprint density at radius 3 is 2.16 bits per heavy atom. The van der Waals surface area contributed by atoms with Crippen molar-refractivity contribution in [2.45, 2.75) is 45.1 Å². The van der Waals surface area contributed by atoms with Crippen LogP contribution < -0.4 is 10.0 Å². The molecule has 0 spiro atoms. The summed E-state index contributed by atoms with van der Waals surface area (Å²) in [6.07, 6.45) is 0.800. The van der Waals surface area contributed by atoms with Gasteiger partial charge in [0, 0.05) is 5.56 Å². The Balaban J connectivity index is 1.85. The van der Waals surface area contributed by atoms with Gasteiger partial charge in [-0.15, -0.1) is 0 Å². The number of rotatable bonds is 8. The molecule has 0 aromatic heterocycles. The van der Waals surface area contributed by atoms with E-state index in [0.717, 1.165) is 17.5 Å². The van der Waals surface area contributed by atoms with Crippen LogP contribution in [0.2, 0.25) is 0 Å². The summed E-state index contributed by atoms with van der Waals surface area (Å²) < 4.78 is 28.3. The maximum Gasteiger partial charge on any atom is 0.261 e. The van der Waals surface area contributed by atoms with Crippen molar-refractivity contribution >= 4 is 21.6 Å². The molecule has 0 aliphatic rings. The highest BCUT2D eigenvalue weighted by molar-refractivity contribution is 7.92. The molecule has 2 N–H and O–H groups in total. The number of carbonyl (C=O) groups is 1. The van der Waals surface area contributed by atoms with Crippen molar-refractivity contribution < 1.29 is 13.2 Å². The van der Waals surface area contributed by atoms with Crippen molar-refractivity contribution in [2.24, 2.45) is 5.92 Å². The Hall–Kier alpha value is -3.12. The summed E-state index contributed by atoms with van der Waals surface area (Å²) in [4.78, 5) is 13.3. The zero-order chi connectivity index (χ0) is 23.3. The van der Waals surface area contributed by atoms with Crippen LogP contribution in [0.25, 0.3) is 0 Å². The van der Waals surface area contributed by atoms with Gasteiger partial charge in [-0.1, -0.05) is 67.9 Å². The first kappa shape index (κ1) is 23.5. The Kier molecular flexibility index (Phi) is 7.36. The number of hydrogen-bond acceptors (Lipinski definition) is 3. The summed E-state index contributed by atoms with van der Waals surface area (Å²) >= 11 is 0. The lowest BCUT2D eigenvalue weighted by Gasteiger charge is -2.22. The zero-order valence-corrected chi connectivity index (χ0v) is 19.7. The molecule has 0 heterocycles. The van der Waals surface area contributed by atoms with Crippen molar-refractivity contribution in [1.82, 2.24) is 5.32 Å². The molecule has 0 aliphatic heterocycles. The Morgan fingerprint density at radius 1 is 0.875 bits per heavy atom. The molecule has 5 nitrogen and oxygen atoms in total. The van der Waals surface area contributed by atoms with Crippen LogP contribution in [-0.2, 0) is 10.0 Å². The molecule has 0 fully saturated rings. The van der Waals surface area contributed by atoms with Crippen LogP contribution in [0.5, 0.6) is 0 Å². The van der Waals surface area contributed by atoms with Gasteiger partial charge >= 0.3 is 0 Å². The fraction of sp³-hybridized carbons (Fsp3) is 0.269. The topological polar surface area (TPSA) is 75.3 Å². The van der Waals surface area contributed by atoms with Crippen LogP contribution in [0, 0.1) is 19.8 Å². The van der Waals surface area contributed by atoms with Gasteiger partial charge in [-0.2, -0.15) is 0 Å². The third-order valence-electron chi connectivity index (χ3n) is 5.37. The second-order valence-electron chi connectivity index (χ2n) is 8.46. The van der Waals surface area contributed by atoms with Gasteiger partial charge in [0.25, 0.3) is 15.9 Å². The van der Waals surface area contributed by atoms with E-state index in [4.69, 9.17) is 0 Å². The van der Waals surface area contributed by atoms with Gasteiger partial charge in [-0.25, -0.2) is 8.42 Å². The molecule has 0 saturated heterocycles. The monoisotopic (exact) mass is 450 g/mol. The Labute approximate surface area is 190 Å². The zero-order valence-electron chi connectivity index (χ0n) is 18.9. The summed E-state index contributed by atoms with van der Waals surface area (Å²) in [5.41, 5.74) is 3.44. The van der Waals surface area contributed by atoms with Gasteiger partial charge in [0.05, 0.1) is 16.6 Å². The molecule has 32 heavy (non-hydrogen) atoms. The van der Waals surface area contributed by atoms with E-state index in [0.29, 0.717) is 22.7 Å². The molecule has 1 unspecified atom stereocenters. The minimum absolute atomic E-state index is 0.129. The first-order valence-corrected chi connectivity index (χ1v) is 12.2. The van der Waals surface area contributed by atoms with Crippen LogP contribution in [-0.4, -0.2) is 14.3 Å². The van der Waals surface area contributed by atoms with Crippen molar-refractivity contribution in [3.63, 3.8) is 0 Å². The van der Waals surface area contributed by atoms with Crippen LogP contribution >= 0.6 is 0 Å². The van der Waals surface area contributed by atoms with Crippen LogP contribution in [0.3, 0.4) is 0 Å². The van der Waals surface area contributed by atoms with E-state index < -0.39 is 10.0 Å². The maximum atomic E-state index is 13.2. The standard InChI is InChI=1S/C26H30N2O3S/c1-18(2)17-25(21-9-6-5-7-10-21)27-26(29)23-11-8-12-24(20(23)4)28-32(30,31)22-15-13-19(3)14-16-22/h5-16,18,25,28H,17H2,1-4H3,(H,27,29). The number of anilines is 1. The van der Waals surface area contributed by atoms with E-state index in [1.54, 1.807) is 49.4 Å². The summed E-state index contributed by atoms with van der Waals surface area (Å²) in [7, 11) is -3.76. The van der Waals surface area contributed by atoms with Gasteiger partial charge in [-0.05, 0) is 61.6 Å². The van der Waals surface area contributed by atoms with E-state index >= 15 is 0 Å². The smallest absolute Gasteiger partial charge is 0.261 e. The molecule has 6 heteroatoms. The van der Waals surface area contributed by atoms with Gasteiger partial charge in [-0.3, -0.25) is 9.52 Å². The van der Waals surface area contributed by atoms with Crippen molar-refractivity contribution in [2.75, 3.05) is 4.72 Å². The van der Waals surface area contributed by atoms with Gasteiger partial charge in [0.15, 0.2) is 0 Å². The third kappa shape index (κ3) is 5.77. The number of nitrogens with one attached hydrogen (secondary N) is 2. The molecule has 3 rings (SSSR count). The normalized spacial score (nSPS) is 12.4. The molecule has 3 aromatic carbocycles. The van der Waals surface area contributed by atoms with E-state index in [-0.39, 0.29) is 16.8 Å². The average molecular weight is 451 g/mol. The van der Waals surface area contributed by atoms with Crippen LogP contribution in [0.4, 0.5) is 5.69 Å². The van der Waals surface area contributed by atoms with Crippen molar-refractivity contribution in [1.29, 1.82) is 0 Å². The Bertz CT molecular complexity index is 1170. The summed E-state index contributed by atoms with van der Waals surface area (Å²) in [5, 5.41) is 3.13. The highest BCUT2D eigenvalue weighted by Gasteiger charge is 2.21. The van der Waals surface area contributed by atoms with Gasteiger partial charge < -0.3 is 5.32 Å². The lowest BCUT2D eigenvalue weighted by atomic mass is 9.96. The lowest BCUT2D eigenvalue weighted by Crippen LogP contribution is -2.30. The lowest BCUT2D eigenvalue weighted by molar-refractivity contribution is 0.0931. The van der Waals surface area contributed by atoms with Crippen LogP contribution in [0.1, 0.15) is 53.4 Å². The highest BCUT2D eigenvalue weighted by atomic mass is 32.2. The quantitative estimate of drug-likeness (QED) is 0.468. The largest absolute Gasteiger partial charge is 0.345 e. The number of amides is 1. The minimum atomic E-state index is -3.76. The first-order chi connectivity index (χ1) is 15.2. The second-order valence-corrected chi connectivity index (χ2v) is 10.1. The molecular formula is C26H30N2O3S. The molecule has 0 aliphatic carbocycles. The molecule has 168 valence electrons. The SMILES string of the molecule is Cc1ccc(S(=O)(=O)Nc2cccc(C(=O)NC(CC(C)C)c3ccccc3)c2C)cc1. The van der Waals surface area contributed by atoms with Crippen LogP contribution in [0.15, 0.2) is 77.7 Å². The number of sulfonamides is 1. The second kappa shape index (κ2) is 10.0. The number of hydrogen-bond donors (Lipinski definition) is 2. The molecule has 3 aromatic rings. The van der Waals surface area contributed by atoms with E-state index in [1.165, 1.54) is 0 Å². The third-order valence-corrected chi connectivity index (χ3v) is 6.75. The molecule has 0 radical (unpaired) electrons. The fourth-order valence-corrected chi connectivity index (χ4v) is 4.71. The van der Waals surface area contributed by atoms with Gasteiger partial charge in [0.2, 0.25) is 0 Å². The van der Waals surface area contributed by atoms with E-state index in [9.17, 15) is 13.2 Å². The van der Waals surface area contributed by atoms with E-state index in [1.807, 2.05) is 37.3 Å². The summed E-state index contributed by atoms with van der Waals surface area (Å²) in [6, 6.07) is 21.5. The van der Waals surface area contributed by atoms with Gasteiger partial charge in [0.1, 0.15) is 0 Å². The average Bonchev–Trinajstić information content (AvgIpc) is 2.75. The first-order valence-electron chi connectivity index (χ1n) is 10.7. The minimum Gasteiger partial charge on any atom is -0.345 e.